The zero-order valence-electron chi connectivity index (χ0n) is 12.7. The van der Waals surface area contributed by atoms with E-state index in [2.05, 4.69) is 15.3 Å². The molecule has 0 saturated heterocycles. The summed E-state index contributed by atoms with van der Waals surface area (Å²) >= 11 is 0. The van der Waals surface area contributed by atoms with E-state index in [0.717, 1.165) is 5.56 Å². The van der Waals surface area contributed by atoms with Crippen molar-refractivity contribution in [2.75, 3.05) is 5.32 Å². The average molecular weight is 323 g/mol. The molecule has 0 amide bonds. The van der Waals surface area contributed by atoms with Crippen LogP contribution >= 0.6 is 0 Å². The first-order valence-corrected chi connectivity index (χ1v) is 7.15. The first-order chi connectivity index (χ1) is 11.5. The van der Waals surface area contributed by atoms with Crippen molar-refractivity contribution >= 4 is 22.4 Å². The van der Waals surface area contributed by atoms with Crippen LogP contribution in [-0.2, 0) is 0 Å². The second-order valence-electron chi connectivity index (χ2n) is 5.35. The van der Waals surface area contributed by atoms with E-state index in [9.17, 15) is 14.9 Å². The van der Waals surface area contributed by atoms with Crippen LogP contribution in [0.25, 0.3) is 11.0 Å². The SMILES string of the molecule is C[C@H](Nc1ccc(C#N)cc1[N+](=O)[O-])c1ccc2[nH]c(=O)[nH]c2c1. The van der Waals surface area contributed by atoms with Gasteiger partial charge in [0.2, 0.25) is 0 Å². The minimum absolute atomic E-state index is 0.156. The lowest BCUT2D eigenvalue weighted by Gasteiger charge is -2.16. The summed E-state index contributed by atoms with van der Waals surface area (Å²) in [4.78, 5) is 27.3. The third-order valence-electron chi connectivity index (χ3n) is 3.74. The zero-order chi connectivity index (χ0) is 17.3. The second kappa shape index (κ2) is 5.89. The van der Waals surface area contributed by atoms with Crippen LogP contribution in [0.15, 0.2) is 41.2 Å². The molecule has 0 bridgehead atoms. The summed E-state index contributed by atoms with van der Waals surface area (Å²) in [6.45, 7) is 1.86. The summed E-state index contributed by atoms with van der Waals surface area (Å²) in [5, 5.41) is 23.1. The number of nitriles is 1. The number of nitrogens with one attached hydrogen (secondary N) is 3. The number of aromatic nitrogens is 2. The van der Waals surface area contributed by atoms with Crippen molar-refractivity contribution in [2.24, 2.45) is 0 Å². The van der Waals surface area contributed by atoms with Crippen molar-refractivity contribution in [3.8, 4) is 6.07 Å². The number of benzene rings is 2. The molecule has 0 aliphatic carbocycles. The number of anilines is 1. The minimum Gasteiger partial charge on any atom is -0.373 e. The molecule has 0 spiro atoms. The fourth-order valence-electron chi connectivity index (χ4n) is 2.51. The van der Waals surface area contributed by atoms with Crippen LogP contribution in [0.2, 0.25) is 0 Å². The number of imidazole rings is 1. The van der Waals surface area contributed by atoms with Crippen molar-refractivity contribution < 1.29 is 4.92 Å². The van der Waals surface area contributed by atoms with Crippen LogP contribution in [0.5, 0.6) is 0 Å². The van der Waals surface area contributed by atoms with Crippen LogP contribution in [0.3, 0.4) is 0 Å². The van der Waals surface area contributed by atoms with Gasteiger partial charge in [0.25, 0.3) is 5.69 Å². The molecule has 1 atom stereocenters. The molecule has 8 nitrogen and oxygen atoms in total. The number of aromatic amines is 2. The number of nitro benzene ring substituents is 1. The molecule has 3 N–H and O–H groups in total. The molecule has 120 valence electrons. The van der Waals surface area contributed by atoms with Gasteiger partial charge in [-0.25, -0.2) is 4.79 Å². The number of nitrogens with zero attached hydrogens (tertiary/aromatic N) is 2. The topological polar surface area (TPSA) is 128 Å². The quantitative estimate of drug-likeness (QED) is 0.502. The van der Waals surface area contributed by atoms with E-state index >= 15 is 0 Å². The molecule has 1 aromatic heterocycles. The first-order valence-electron chi connectivity index (χ1n) is 7.15. The number of fused-ring (bicyclic) bond motifs is 1. The lowest BCUT2D eigenvalue weighted by atomic mass is 10.1. The van der Waals surface area contributed by atoms with Crippen LogP contribution < -0.4 is 11.0 Å². The average Bonchev–Trinajstić information content (AvgIpc) is 2.93. The van der Waals surface area contributed by atoms with E-state index in [4.69, 9.17) is 5.26 Å². The molecular weight excluding hydrogens is 310 g/mol. The molecule has 3 aromatic rings. The third-order valence-corrected chi connectivity index (χ3v) is 3.74. The smallest absolute Gasteiger partial charge is 0.323 e. The maximum atomic E-state index is 11.3. The predicted octanol–water partition coefficient (Wildman–Crippen LogP) is 2.81. The highest BCUT2D eigenvalue weighted by Crippen LogP contribution is 2.29. The Morgan fingerprint density at radius 3 is 2.67 bits per heavy atom. The summed E-state index contributed by atoms with van der Waals surface area (Å²) in [6, 6.07) is 11.3. The van der Waals surface area contributed by atoms with E-state index < -0.39 is 4.92 Å². The fourth-order valence-corrected chi connectivity index (χ4v) is 2.51. The highest BCUT2D eigenvalue weighted by Gasteiger charge is 2.17. The summed E-state index contributed by atoms with van der Waals surface area (Å²) in [5.41, 5.74) is 2.33. The molecule has 1 heterocycles. The van der Waals surface area contributed by atoms with Gasteiger partial charge in [0.15, 0.2) is 0 Å². The monoisotopic (exact) mass is 323 g/mol. The molecule has 2 aromatic carbocycles. The molecule has 8 heteroatoms. The summed E-state index contributed by atoms with van der Waals surface area (Å²) < 4.78 is 0. The van der Waals surface area contributed by atoms with Crippen molar-refractivity contribution in [3.63, 3.8) is 0 Å². The Kier molecular flexibility index (Phi) is 3.75. The van der Waals surface area contributed by atoms with Gasteiger partial charge in [-0.1, -0.05) is 6.07 Å². The van der Waals surface area contributed by atoms with Gasteiger partial charge in [-0.15, -0.1) is 0 Å². The normalized spacial score (nSPS) is 11.8. The molecule has 0 aliphatic rings. The van der Waals surface area contributed by atoms with Gasteiger partial charge in [0.05, 0.1) is 27.6 Å². The van der Waals surface area contributed by atoms with Crippen LogP contribution in [-0.4, -0.2) is 14.9 Å². The Hall–Kier alpha value is -3.60. The zero-order valence-corrected chi connectivity index (χ0v) is 12.7. The highest BCUT2D eigenvalue weighted by molar-refractivity contribution is 5.75. The maximum Gasteiger partial charge on any atom is 0.323 e. The van der Waals surface area contributed by atoms with Crippen molar-refractivity contribution in [3.05, 3.63) is 68.1 Å². The van der Waals surface area contributed by atoms with Gasteiger partial charge in [0.1, 0.15) is 5.69 Å². The molecule has 0 unspecified atom stereocenters. The standard InChI is InChI=1S/C16H13N5O3/c1-9(11-3-5-12-14(7-11)20-16(22)19-12)18-13-4-2-10(8-17)6-15(13)21(23)24/h2-7,9,18H,1H3,(H2,19,20,22)/t9-/m0/s1. The van der Waals surface area contributed by atoms with Crippen molar-refractivity contribution in [2.45, 2.75) is 13.0 Å². The predicted molar refractivity (Wildman–Crippen MR) is 88.8 cm³/mol. The lowest BCUT2D eigenvalue weighted by molar-refractivity contribution is -0.384. The van der Waals surface area contributed by atoms with Gasteiger partial charge in [-0.05, 0) is 36.8 Å². The van der Waals surface area contributed by atoms with Gasteiger partial charge < -0.3 is 15.3 Å². The van der Waals surface area contributed by atoms with Crippen molar-refractivity contribution in [1.29, 1.82) is 5.26 Å². The van der Waals surface area contributed by atoms with E-state index in [-0.39, 0.29) is 23.0 Å². The molecule has 0 fully saturated rings. The van der Waals surface area contributed by atoms with Gasteiger partial charge in [-0.3, -0.25) is 10.1 Å². The third kappa shape index (κ3) is 2.83. The van der Waals surface area contributed by atoms with E-state index in [0.29, 0.717) is 16.7 Å². The molecule has 0 aliphatic heterocycles. The number of nitro groups is 1. The first kappa shape index (κ1) is 15.3. The Bertz CT molecular complexity index is 1030. The molecule has 0 radical (unpaired) electrons. The lowest BCUT2D eigenvalue weighted by Crippen LogP contribution is -2.08. The van der Waals surface area contributed by atoms with E-state index in [1.165, 1.54) is 18.2 Å². The Morgan fingerprint density at radius 2 is 1.96 bits per heavy atom. The number of hydrogen-bond donors (Lipinski definition) is 3. The summed E-state index contributed by atoms with van der Waals surface area (Å²) in [5.74, 6) is 0. The number of hydrogen-bond acceptors (Lipinski definition) is 5. The molecule has 0 saturated carbocycles. The fraction of sp³-hybridized carbons (Fsp3) is 0.125. The Balaban J connectivity index is 1.93. The maximum absolute atomic E-state index is 11.3. The summed E-state index contributed by atoms with van der Waals surface area (Å²) in [7, 11) is 0. The molecular formula is C16H13N5O3. The second-order valence-corrected chi connectivity index (χ2v) is 5.35. The van der Waals surface area contributed by atoms with Crippen LogP contribution in [0, 0.1) is 21.4 Å². The minimum atomic E-state index is -0.525. The number of rotatable bonds is 4. The van der Waals surface area contributed by atoms with Crippen LogP contribution in [0.4, 0.5) is 11.4 Å². The Labute approximate surface area is 135 Å². The van der Waals surface area contributed by atoms with Gasteiger partial charge in [0, 0.05) is 12.1 Å². The highest BCUT2D eigenvalue weighted by atomic mass is 16.6. The van der Waals surface area contributed by atoms with E-state index in [1.807, 2.05) is 19.1 Å². The molecule has 3 rings (SSSR count). The molecule has 24 heavy (non-hydrogen) atoms. The van der Waals surface area contributed by atoms with Crippen LogP contribution in [0.1, 0.15) is 24.1 Å². The van der Waals surface area contributed by atoms with E-state index in [1.54, 1.807) is 12.1 Å². The van der Waals surface area contributed by atoms with Gasteiger partial charge in [-0.2, -0.15) is 5.26 Å². The summed E-state index contributed by atoms with van der Waals surface area (Å²) in [6.07, 6.45) is 0. The van der Waals surface area contributed by atoms with Gasteiger partial charge >= 0.3 is 5.69 Å². The number of H-pyrrole nitrogens is 2. The largest absolute Gasteiger partial charge is 0.373 e. The Morgan fingerprint density at radius 1 is 1.21 bits per heavy atom. The van der Waals surface area contributed by atoms with Crippen molar-refractivity contribution in [1.82, 2.24) is 9.97 Å².